The van der Waals surface area contributed by atoms with Crippen LogP contribution in [0.15, 0.2) is 40.0 Å². The Morgan fingerprint density at radius 1 is 1.31 bits per heavy atom. The first-order valence-corrected chi connectivity index (χ1v) is 12.2. The molecule has 1 aliphatic heterocycles. The minimum atomic E-state index is -0.573. The smallest absolute Gasteiger partial charge is 0.257 e. The molecule has 0 spiro atoms. The van der Waals surface area contributed by atoms with E-state index in [1.54, 1.807) is 30.0 Å². The Kier molecular flexibility index (Phi) is 8.24. The zero-order valence-electron chi connectivity index (χ0n) is 18.9. The second-order valence-electron chi connectivity index (χ2n) is 7.70. The predicted molar refractivity (Wildman–Crippen MR) is 141 cm³/mol. The summed E-state index contributed by atoms with van der Waals surface area (Å²) in [5.74, 6) is -1.35. The Balaban J connectivity index is 1.61. The summed E-state index contributed by atoms with van der Waals surface area (Å²) < 4.78 is 19.9. The summed E-state index contributed by atoms with van der Waals surface area (Å²) in [4.78, 5) is 23.0. The lowest BCUT2D eigenvalue weighted by Crippen LogP contribution is -2.37. The molecule has 188 valence electrons. The maximum absolute atomic E-state index is 14.3. The molecule has 0 unspecified atom stereocenters. The van der Waals surface area contributed by atoms with Crippen LogP contribution in [0.2, 0.25) is 10.0 Å². The first-order chi connectivity index (χ1) is 17.3. The Labute approximate surface area is 224 Å². The standard InChI is InChI=1S/C23H20BrCl2FN6O3/c1-12-3-2-4-15(25)19(12)30-22(35)18-13(20(34)16(26)9-14(18)24)10-29-32-23-28-11-17(27)21(31-23)33-5-7-36-8-6-33/h2-4,9-11,34H,5-8H2,1H3,(H,30,35)(H,28,31,32)/b29-10-. The number of para-hydroxylation sites is 1. The van der Waals surface area contributed by atoms with Gasteiger partial charge in [0, 0.05) is 17.6 Å². The van der Waals surface area contributed by atoms with Crippen molar-refractivity contribution >= 4 is 68.7 Å². The highest BCUT2D eigenvalue weighted by molar-refractivity contribution is 9.10. The van der Waals surface area contributed by atoms with Crippen LogP contribution in [0, 0.1) is 12.7 Å². The monoisotopic (exact) mass is 596 g/mol. The summed E-state index contributed by atoms with van der Waals surface area (Å²) in [6.07, 6.45) is 2.23. The molecule has 4 rings (SSSR count). The molecule has 1 aromatic heterocycles. The fraction of sp³-hybridized carbons (Fsp3) is 0.217. The highest BCUT2D eigenvalue weighted by Crippen LogP contribution is 2.36. The van der Waals surface area contributed by atoms with Gasteiger partial charge in [0.1, 0.15) is 5.75 Å². The number of aromatic nitrogens is 2. The first-order valence-electron chi connectivity index (χ1n) is 10.7. The maximum atomic E-state index is 14.3. The highest BCUT2D eigenvalue weighted by atomic mass is 79.9. The number of phenols is 1. The molecule has 0 aliphatic carbocycles. The number of nitrogens with zero attached hydrogens (tertiary/aromatic N) is 4. The Morgan fingerprint density at radius 3 is 2.78 bits per heavy atom. The number of nitrogens with one attached hydrogen (secondary N) is 2. The maximum Gasteiger partial charge on any atom is 0.257 e. The zero-order valence-corrected chi connectivity index (χ0v) is 22.0. The van der Waals surface area contributed by atoms with Gasteiger partial charge in [-0.1, -0.05) is 35.3 Å². The Hall–Kier alpha value is -2.99. The van der Waals surface area contributed by atoms with Gasteiger partial charge in [-0.25, -0.2) is 14.8 Å². The van der Waals surface area contributed by atoms with Crippen LogP contribution in [0.1, 0.15) is 21.5 Å². The van der Waals surface area contributed by atoms with Gasteiger partial charge < -0.3 is 20.1 Å². The predicted octanol–water partition coefficient (Wildman–Crippen LogP) is 5.23. The van der Waals surface area contributed by atoms with E-state index in [4.69, 9.17) is 27.9 Å². The molecule has 0 saturated carbocycles. The van der Waals surface area contributed by atoms with Crippen LogP contribution in [0.25, 0.3) is 0 Å². The van der Waals surface area contributed by atoms with Gasteiger partial charge in [0.15, 0.2) is 11.6 Å². The Morgan fingerprint density at radius 2 is 2.06 bits per heavy atom. The molecule has 13 heteroatoms. The molecule has 1 saturated heterocycles. The van der Waals surface area contributed by atoms with Crippen molar-refractivity contribution in [2.45, 2.75) is 6.92 Å². The van der Waals surface area contributed by atoms with Gasteiger partial charge in [-0.15, -0.1) is 0 Å². The number of hydrazone groups is 1. The lowest BCUT2D eigenvalue weighted by Gasteiger charge is -2.27. The first kappa shape index (κ1) is 26.1. The van der Waals surface area contributed by atoms with Gasteiger partial charge in [0.2, 0.25) is 5.95 Å². The van der Waals surface area contributed by atoms with Crippen molar-refractivity contribution in [1.82, 2.24) is 9.97 Å². The summed E-state index contributed by atoms with van der Waals surface area (Å²) in [6.45, 7) is 3.71. The minimum Gasteiger partial charge on any atom is -0.506 e. The molecule has 2 heterocycles. The molecular formula is C23H20BrCl2FN6O3. The Bertz CT molecular complexity index is 1320. The molecule has 3 N–H and O–H groups in total. The topological polar surface area (TPSA) is 112 Å². The molecule has 3 aromatic rings. The van der Waals surface area contributed by atoms with E-state index < -0.39 is 11.7 Å². The number of benzene rings is 2. The number of ether oxygens (including phenoxy) is 1. The summed E-state index contributed by atoms with van der Waals surface area (Å²) in [7, 11) is 0. The number of phenolic OH excluding ortho intramolecular Hbond substituents is 1. The molecule has 9 nitrogen and oxygen atoms in total. The molecule has 36 heavy (non-hydrogen) atoms. The molecular weight excluding hydrogens is 578 g/mol. The zero-order chi connectivity index (χ0) is 25.8. The number of carbonyl (C=O) groups is 1. The quantitative estimate of drug-likeness (QED) is 0.263. The van der Waals surface area contributed by atoms with Crippen LogP contribution in [0.3, 0.4) is 0 Å². The average Bonchev–Trinajstić information content (AvgIpc) is 2.86. The molecule has 1 fully saturated rings. The molecule has 1 amide bonds. The number of carbonyl (C=O) groups excluding carboxylic acids is 1. The van der Waals surface area contributed by atoms with E-state index in [2.05, 4.69) is 41.7 Å². The van der Waals surface area contributed by atoms with Crippen LogP contribution in [0.5, 0.6) is 5.75 Å². The summed E-state index contributed by atoms with van der Waals surface area (Å²) in [5.41, 5.74) is 3.88. The summed E-state index contributed by atoms with van der Waals surface area (Å²) in [5, 5.41) is 17.8. The lowest BCUT2D eigenvalue weighted by molar-refractivity contribution is 0.102. The van der Waals surface area contributed by atoms with Crippen LogP contribution in [-0.2, 0) is 4.74 Å². The minimum absolute atomic E-state index is 0.00133. The second-order valence-corrected chi connectivity index (χ2v) is 9.37. The lowest BCUT2D eigenvalue weighted by atomic mass is 10.1. The SMILES string of the molecule is Cc1cccc(Cl)c1NC(=O)c1c(Br)cc(Cl)c(O)c1/C=N\Nc1ncc(F)c(N2CCOCC2)n1. The van der Waals surface area contributed by atoms with E-state index in [9.17, 15) is 14.3 Å². The third kappa shape index (κ3) is 5.70. The average molecular weight is 598 g/mol. The fourth-order valence-electron chi connectivity index (χ4n) is 3.51. The van der Waals surface area contributed by atoms with Crippen molar-refractivity contribution < 1.29 is 19.0 Å². The largest absolute Gasteiger partial charge is 0.506 e. The molecule has 0 atom stereocenters. The van der Waals surface area contributed by atoms with Crippen molar-refractivity contribution in [3.05, 3.63) is 67.5 Å². The number of aromatic hydroxyl groups is 1. The van der Waals surface area contributed by atoms with E-state index in [1.807, 2.05) is 0 Å². The number of hydrogen-bond acceptors (Lipinski definition) is 8. The van der Waals surface area contributed by atoms with E-state index >= 15 is 0 Å². The van der Waals surface area contributed by atoms with Crippen molar-refractivity contribution in [2.24, 2.45) is 5.10 Å². The number of rotatable bonds is 6. The van der Waals surface area contributed by atoms with Crippen LogP contribution in [0.4, 0.5) is 21.8 Å². The van der Waals surface area contributed by atoms with E-state index in [0.29, 0.717) is 41.5 Å². The summed E-state index contributed by atoms with van der Waals surface area (Å²) >= 11 is 15.7. The summed E-state index contributed by atoms with van der Waals surface area (Å²) in [6, 6.07) is 6.62. The van der Waals surface area contributed by atoms with Crippen LogP contribution in [-0.4, -0.2) is 53.5 Å². The van der Waals surface area contributed by atoms with Crippen molar-refractivity contribution in [2.75, 3.05) is 41.9 Å². The van der Waals surface area contributed by atoms with Gasteiger partial charge in [-0.05, 0) is 40.5 Å². The van der Waals surface area contributed by atoms with Crippen molar-refractivity contribution in [1.29, 1.82) is 0 Å². The van der Waals surface area contributed by atoms with E-state index in [0.717, 1.165) is 11.8 Å². The van der Waals surface area contributed by atoms with Gasteiger partial charge >= 0.3 is 0 Å². The van der Waals surface area contributed by atoms with Crippen molar-refractivity contribution in [3.63, 3.8) is 0 Å². The number of morpholine rings is 1. The number of aryl methyl sites for hydroxylation is 1. The van der Waals surface area contributed by atoms with Gasteiger partial charge in [0.05, 0.1) is 52.5 Å². The normalized spacial score (nSPS) is 13.8. The molecule has 0 radical (unpaired) electrons. The van der Waals surface area contributed by atoms with E-state index in [1.165, 1.54) is 12.3 Å². The van der Waals surface area contributed by atoms with E-state index in [-0.39, 0.29) is 33.7 Å². The number of hydrogen-bond donors (Lipinski definition) is 3. The van der Waals surface area contributed by atoms with Crippen molar-refractivity contribution in [3.8, 4) is 5.75 Å². The van der Waals surface area contributed by atoms with Gasteiger partial charge in [-0.2, -0.15) is 10.1 Å². The highest BCUT2D eigenvalue weighted by Gasteiger charge is 2.22. The fourth-order valence-corrected chi connectivity index (χ4v) is 4.75. The third-order valence-corrected chi connectivity index (χ3v) is 6.55. The second kappa shape index (κ2) is 11.4. The number of amides is 1. The molecule has 1 aliphatic rings. The number of anilines is 3. The molecule has 2 aromatic carbocycles. The third-order valence-electron chi connectivity index (χ3n) is 5.32. The molecule has 0 bridgehead atoms. The van der Waals surface area contributed by atoms with Gasteiger partial charge in [0.25, 0.3) is 5.91 Å². The number of halogens is 4. The van der Waals surface area contributed by atoms with Crippen LogP contribution >= 0.6 is 39.1 Å². The van der Waals surface area contributed by atoms with Gasteiger partial charge in [-0.3, -0.25) is 4.79 Å². The van der Waals surface area contributed by atoms with Crippen LogP contribution < -0.4 is 15.6 Å².